The number of halogens is 1. The van der Waals surface area contributed by atoms with Crippen LogP contribution in [0.15, 0.2) is 48.8 Å². The predicted molar refractivity (Wildman–Crippen MR) is 82.5 cm³/mol. The molecule has 0 aliphatic heterocycles. The summed E-state index contributed by atoms with van der Waals surface area (Å²) in [5.41, 5.74) is 6.97. The highest BCUT2D eigenvalue weighted by molar-refractivity contribution is 6.30. The molecule has 3 aromatic rings. The van der Waals surface area contributed by atoms with Gasteiger partial charge in [0.1, 0.15) is 0 Å². The Labute approximate surface area is 130 Å². The highest BCUT2D eigenvalue weighted by Crippen LogP contribution is 2.12. The molecule has 2 aromatic carbocycles. The van der Waals surface area contributed by atoms with Crippen molar-refractivity contribution in [1.29, 1.82) is 0 Å². The molecule has 0 saturated heterocycles. The lowest BCUT2D eigenvalue weighted by Crippen LogP contribution is -2.41. The van der Waals surface area contributed by atoms with E-state index in [2.05, 4.69) is 20.8 Å². The number of H-pyrrole nitrogens is 1. The van der Waals surface area contributed by atoms with Crippen LogP contribution in [-0.2, 0) is 0 Å². The van der Waals surface area contributed by atoms with Gasteiger partial charge in [-0.3, -0.25) is 20.4 Å². The number of aromatic nitrogens is 2. The maximum atomic E-state index is 12.0. The predicted octanol–water partition coefficient (Wildman–Crippen LogP) is 2.29. The van der Waals surface area contributed by atoms with E-state index in [-0.39, 0.29) is 0 Å². The number of imidazole rings is 1. The summed E-state index contributed by atoms with van der Waals surface area (Å²) >= 11 is 5.82. The van der Waals surface area contributed by atoms with Gasteiger partial charge >= 0.3 is 0 Å². The Hall–Kier alpha value is -2.86. The van der Waals surface area contributed by atoms with Crippen LogP contribution < -0.4 is 10.9 Å². The number of fused-ring (bicyclic) bond motifs is 1. The van der Waals surface area contributed by atoms with Gasteiger partial charge in [0.15, 0.2) is 0 Å². The van der Waals surface area contributed by atoms with Crippen molar-refractivity contribution in [2.24, 2.45) is 0 Å². The summed E-state index contributed by atoms with van der Waals surface area (Å²) < 4.78 is 0. The fourth-order valence-corrected chi connectivity index (χ4v) is 2.15. The Morgan fingerprint density at radius 3 is 2.45 bits per heavy atom. The van der Waals surface area contributed by atoms with Crippen molar-refractivity contribution in [2.45, 2.75) is 0 Å². The van der Waals surface area contributed by atoms with Crippen LogP contribution in [0.25, 0.3) is 11.0 Å². The van der Waals surface area contributed by atoms with Crippen molar-refractivity contribution in [2.75, 3.05) is 0 Å². The monoisotopic (exact) mass is 314 g/mol. The fraction of sp³-hybridized carbons (Fsp3) is 0. The van der Waals surface area contributed by atoms with E-state index in [1.165, 1.54) is 6.07 Å². The minimum absolute atomic E-state index is 0.358. The van der Waals surface area contributed by atoms with Crippen LogP contribution in [0.5, 0.6) is 0 Å². The van der Waals surface area contributed by atoms with Crippen LogP contribution in [0.1, 0.15) is 20.7 Å². The lowest BCUT2D eigenvalue weighted by atomic mass is 10.2. The zero-order valence-electron chi connectivity index (χ0n) is 11.3. The molecular formula is C15H11ClN4O2. The van der Waals surface area contributed by atoms with Crippen LogP contribution >= 0.6 is 11.6 Å². The van der Waals surface area contributed by atoms with E-state index in [0.29, 0.717) is 16.1 Å². The minimum Gasteiger partial charge on any atom is -0.345 e. The number of carbonyl (C=O) groups is 2. The SMILES string of the molecule is O=C(NNC(=O)c1ccc2nc[nH]c2c1)c1cccc(Cl)c1. The van der Waals surface area contributed by atoms with Crippen LogP contribution in [-0.4, -0.2) is 21.8 Å². The van der Waals surface area contributed by atoms with Gasteiger partial charge in [0.2, 0.25) is 0 Å². The summed E-state index contributed by atoms with van der Waals surface area (Å²) in [5.74, 6) is -0.870. The molecule has 1 aromatic heterocycles. The molecule has 22 heavy (non-hydrogen) atoms. The lowest BCUT2D eigenvalue weighted by Gasteiger charge is -2.07. The number of nitrogens with one attached hydrogen (secondary N) is 3. The lowest BCUT2D eigenvalue weighted by molar-refractivity contribution is 0.0847. The van der Waals surface area contributed by atoms with Crippen molar-refractivity contribution < 1.29 is 9.59 Å². The average molecular weight is 315 g/mol. The molecule has 0 atom stereocenters. The Balaban J connectivity index is 1.67. The first kappa shape index (κ1) is 14.1. The molecule has 1 heterocycles. The molecule has 0 aliphatic carbocycles. The quantitative estimate of drug-likeness (QED) is 0.634. The third-order valence-corrected chi connectivity index (χ3v) is 3.29. The molecule has 3 rings (SSSR count). The number of rotatable bonds is 2. The molecule has 0 unspecified atom stereocenters. The molecule has 0 spiro atoms. The number of carbonyl (C=O) groups excluding carboxylic acids is 2. The molecular weight excluding hydrogens is 304 g/mol. The maximum Gasteiger partial charge on any atom is 0.269 e. The van der Waals surface area contributed by atoms with Gasteiger partial charge in [-0.1, -0.05) is 17.7 Å². The van der Waals surface area contributed by atoms with Crippen LogP contribution in [0.2, 0.25) is 5.02 Å². The fourth-order valence-electron chi connectivity index (χ4n) is 1.96. The van der Waals surface area contributed by atoms with Crippen molar-refractivity contribution in [3.05, 3.63) is 64.9 Å². The second kappa shape index (κ2) is 5.87. The van der Waals surface area contributed by atoms with Crippen LogP contribution in [0.3, 0.4) is 0 Å². The van der Waals surface area contributed by atoms with Gasteiger partial charge < -0.3 is 4.98 Å². The van der Waals surface area contributed by atoms with Crippen LogP contribution in [0, 0.1) is 0 Å². The Kier molecular flexibility index (Phi) is 3.76. The summed E-state index contributed by atoms with van der Waals surface area (Å²) in [6.45, 7) is 0. The first-order chi connectivity index (χ1) is 10.6. The molecule has 0 saturated carbocycles. The second-order valence-corrected chi connectivity index (χ2v) is 4.99. The topological polar surface area (TPSA) is 86.9 Å². The zero-order valence-corrected chi connectivity index (χ0v) is 12.0. The number of hydrazine groups is 1. The molecule has 0 fully saturated rings. The van der Waals surface area contributed by atoms with Gasteiger partial charge in [-0.15, -0.1) is 0 Å². The number of benzene rings is 2. The van der Waals surface area contributed by atoms with E-state index in [4.69, 9.17) is 11.6 Å². The summed E-state index contributed by atoms with van der Waals surface area (Å²) in [7, 11) is 0. The highest BCUT2D eigenvalue weighted by Gasteiger charge is 2.10. The van der Waals surface area contributed by atoms with Gasteiger partial charge in [0.05, 0.1) is 17.4 Å². The van der Waals surface area contributed by atoms with Crippen molar-refractivity contribution >= 4 is 34.4 Å². The standard InChI is InChI=1S/C15H11ClN4O2/c16-11-3-1-2-9(6-11)14(21)19-20-15(22)10-4-5-12-13(7-10)18-8-17-12/h1-8H,(H,17,18)(H,19,21)(H,20,22). The van der Waals surface area contributed by atoms with E-state index in [0.717, 1.165) is 11.0 Å². The largest absolute Gasteiger partial charge is 0.345 e. The minimum atomic E-state index is -0.446. The molecule has 6 nitrogen and oxygen atoms in total. The van der Waals surface area contributed by atoms with Crippen molar-refractivity contribution in [3.8, 4) is 0 Å². The van der Waals surface area contributed by atoms with Crippen molar-refractivity contribution in [3.63, 3.8) is 0 Å². The zero-order chi connectivity index (χ0) is 15.5. The molecule has 3 N–H and O–H groups in total. The van der Waals surface area contributed by atoms with Gasteiger partial charge in [-0.2, -0.15) is 0 Å². The maximum absolute atomic E-state index is 12.0. The summed E-state index contributed by atoms with van der Waals surface area (Å²) in [5, 5.41) is 0.448. The second-order valence-electron chi connectivity index (χ2n) is 4.55. The molecule has 0 bridgehead atoms. The van der Waals surface area contributed by atoms with Crippen molar-refractivity contribution in [1.82, 2.24) is 20.8 Å². The first-order valence-electron chi connectivity index (χ1n) is 6.43. The molecule has 7 heteroatoms. The number of nitrogens with zero attached hydrogens (tertiary/aromatic N) is 1. The number of amides is 2. The number of hydrogen-bond donors (Lipinski definition) is 3. The summed E-state index contributed by atoms with van der Waals surface area (Å²) in [6.07, 6.45) is 1.55. The number of aromatic amines is 1. The molecule has 0 radical (unpaired) electrons. The summed E-state index contributed by atoms with van der Waals surface area (Å²) in [4.78, 5) is 30.9. The van der Waals surface area contributed by atoms with Crippen LogP contribution in [0.4, 0.5) is 0 Å². The summed E-state index contributed by atoms with van der Waals surface area (Å²) in [6, 6.07) is 11.4. The van der Waals surface area contributed by atoms with Gasteiger partial charge in [0, 0.05) is 16.1 Å². The van der Waals surface area contributed by atoms with Gasteiger partial charge in [-0.25, -0.2) is 4.98 Å². The normalized spacial score (nSPS) is 10.4. The molecule has 2 amide bonds. The highest BCUT2D eigenvalue weighted by atomic mass is 35.5. The third-order valence-electron chi connectivity index (χ3n) is 3.06. The Morgan fingerprint density at radius 2 is 1.73 bits per heavy atom. The third kappa shape index (κ3) is 2.91. The van der Waals surface area contributed by atoms with Gasteiger partial charge in [-0.05, 0) is 36.4 Å². The Morgan fingerprint density at radius 1 is 1.00 bits per heavy atom. The van der Waals surface area contributed by atoms with E-state index >= 15 is 0 Å². The van der Waals surface area contributed by atoms with E-state index in [1.54, 1.807) is 42.7 Å². The van der Waals surface area contributed by atoms with E-state index in [1.807, 2.05) is 0 Å². The number of hydrogen-bond acceptors (Lipinski definition) is 3. The average Bonchev–Trinajstić information content (AvgIpc) is 2.99. The van der Waals surface area contributed by atoms with E-state index in [9.17, 15) is 9.59 Å². The van der Waals surface area contributed by atoms with Gasteiger partial charge in [0.25, 0.3) is 11.8 Å². The Bertz CT molecular complexity index is 859. The van der Waals surface area contributed by atoms with E-state index < -0.39 is 11.8 Å². The molecule has 110 valence electrons. The first-order valence-corrected chi connectivity index (χ1v) is 6.81. The molecule has 0 aliphatic rings. The smallest absolute Gasteiger partial charge is 0.269 e.